The van der Waals surface area contributed by atoms with Crippen LogP contribution < -0.4 is 5.73 Å². The molecule has 0 aromatic rings. The van der Waals surface area contributed by atoms with E-state index in [1.165, 1.54) is 0 Å². The Labute approximate surface area is 195 Å². The van der Waals surface area contributed by atoms with Gasteiger partial charge < -0.3 is 19.9 Å². The number of ether oxygens (including phenoxy) is 3. The fourth-order valence-electron chi connectivity index (χ4n) is 3.17. The Morgan fingerprint density at radius 3 is 1.56 bits per heavy atom. The quantitative estimate of drug-likeness (QED) is 0.177. The summed E-state index contributed by atoms with van der Waals surface area (Å²) in [5.41, 5.74) is 4.21. The van der Waals surface area contributed by atoms with Gasteiger partial charge in [-0.2, -0.15) is 0 Å². The molecule has 0 aromatic carbocycles. The molecule has 7 nitrogen and oxygen atoms in total. The van der Waals surface area contributed by atoms with Gasteiger partial charge in [0.2, 0.25) is 0 Å². The Balaban J connectivity index is 4.91. The molecule has 0 radical (unpaired) electrons. The van der Waals surface area contributed by atoms with E-state index in [0.29, 0.717) is 13.0 Å². The monoisotopic (exact) mass is 457 g/mol. The Bertz CT molecular complexity index is 521. The fourth-order valence-corrected chi connectivity index (χ4v) is 3.17. The van der Waals surface area contributed by atoms with E-state index < -0.39 is 22.9 Å². The minimum Gasteiger partial charge on any atom is -0.461 e. The van der Waals surface area contributed by atoms with Crippen molar-refractivity contribution in [2.24, 2.45) is 16.6 Å². The van der Waals surface area contributed by atoms with Crippen LogP contribution in [0.2, 0.25) is 0 Å². The van der Waals surface area contributed by atoms with E-state index in [0.717, 1.165) is 51.4 Å². The molecule has 32 heavy (non-hydrogen) atoms. The van der Waals surface area contributed by atoms with Crippen LogP contribution in [0.3, 0.4) is 0 Å². The predicted octanol–water partition coefficient (Wildman–Crippen LogP) is 4.94. The molecule has 2 N–H and O–H groups in total. The summed E-state index contributed by atoms with van der Waals surface area (Å²) >= 11 is 0. The number of nitrogens with two attached hydrogens (primary N) is 1. The van der Waals surface area contributed by atoms with Crippen molar-refractivity contribution in [3.8, 4) is 0 Å². The van der Waals surface area contributed by atoms with Gasteiger partial charge in [-0.3, -0.25) is 14.4 Å². The molecule has 0 unspecified atom stereocenters. The summed E-state index contributed by atoms with van der Waals surface area (Å²) in [6.07, 6.45) is 7.43. The van der Waals surface area contributed by atoms with Gasteiger partial charge in [-0.05, 0) is 53.5 Å². The predicted molar refractivity (Wildman–Crippen MR) is 126 cm³/mol. The molecule has 0 aliphatic carbocycles. The zero-order valence-electron chi connectivity index (χ0n) is 21.3. The van der Waals surface area contributed by atoms with Gasteiger partial charge in [0.15, 0.2) is 6.10 Å². The second-order valence-electron chi connectivity index (χ2n) is 9.88. The molecule has 0 aliphatic rings. The lowest BCUT2D eigenvalue weighted by atomic mass is 9.87. The standard InChI is InChI=1S/C25H47NO6/c1-7-9-11-15-24(3,4)22(28)30-18-20(32-21(27)14-13-17-26)19-31-23(29)25(5,6)16-12-10-8-2/h20H,7-19,26H2,1-6H3. The molecule has 0 spiro atoms. The first-order valence-electron chi connectivity index (χ1n) is 12.2. The van der Waals surface area contributed by atoms with Crippen molar-refractivity contribution in [2.75, 3.05) is 19.8 Å². The summed E-state index contributed by atoms with van der Waals surface area (Å²) in [7, 11) is 0. The second-order valence-corrected chi connectivity index (χ2v) is 9.88. The third kappa shape index (κ3) is 13.0. The highest BCUT2D eigenvalue weighted by molar-refractivity contribution is 5.76. The number of esters is 3. The normalized spacial score (nSPS) is 12.0. The summed E-state index contributed by atoms with van der Waals surface area (Å²) in [6, 6.07) is 0. The minimum atomic E-state index is -0.842. The molecule has 0 rings (SSSR count). The Morgan fingerprint density at radius 1 is 0.750 bits per heavy atom. The van der Waals surface area contributed by atoms with E-state index in [4.69, 9.17) is 19.9 Å². The molecule has 0 atom stereocenters. The Kier molecular flexibility index (Phi) is 15.2. The van der Waals surface area contributed by atoms with E-state index in [2.05, 4.69) is 13.8 Å². The fraction of sp³-hybridized carbons (Fsp3) is 0.880. The van der Waals surface area contributed by atoms with Gasteiger partial charge in [-0.15, -0.1) is 0 Å². The molecule has 0 aromatic heterocycles. The van der Waals surface area contributed by atoms with Gasteiger partial charge in [-0.1, -0.05) is 52.4 Å². The lowest BCUT2D eigenvalue weighted by Gasteiger charge is -2.26. The molecule has 188 valence electrons. The second kappa shape index (κ2) is 16.1. The van der Waals surface area contributed by atoms with Gasteiger partial charge in [0, 0.05) is 6.42 Å². The molecule has 7 heteroatoms. The molecule has 0 heterocycles. The average Bonchev–Trinajstić information content (AvgIpc) is 2.73. The SMILES string of the molecule is CCCCCC(C)(C)C(=O)OCC(COC(=O)C(C)(C)CCCCC)OC(=O)CCCN. The first kappa shape index (κ1) is 30.4. The van der Waals surface area contributed by atoms with Gasteiger partial charge in [0.25, 0.3) is 0 Å². The van der Waals surface area contributed by atoms with Gasteiger partial charge >= 0.3 is 17.9 Å². The highest BCUT2D eigenvalue weighted by Crippen LogP contribution is 2.27. The van der Waals surface area contributed by atoms with Crippen LogP contribution in [0.4, 0.5) is 0 Å². The first-order valence-corrected chi connectivity index (χ1v) is 12.2. The number of rotatable bonds is 18. The Hall–Kier alpha value is -1.63. The molecular weight excluding hydrogens is 410 g/mol. The van der Waals surface area contributed by atoms with Crippen molar-refractivity contribution < 1.29 is 28.6 Å². The molecule has 0 amide bonds. The maximum Gasteiger partial charge on any atom is 0.311 e. The number of carbonyl (C=O) groups excluding carboxylic acids is 3. The lowest BCUT2D eigenvalue weighted by molar-refractivity contribution is -0.173. The van der Waals surface area contributed by atoms with Crippen LogP contribution in [0, 0.1) is 10.8 Å². The molecule has 0 saturated carbocycles. The third-order valence-corrected chi connectivity index (χ3v) is 5.60. The minimum absolute atomic E-state index is 0.145. The van der Waals surface area contributed by atoms with E-state index in [-0.39, 0.29) is 31.6 Å². The van der Waals surface area contributed by atoms with Crippen molar-refractivity contribution in [3.05, 3.63) is 0 Å². The third-order valence-electron chi connectivity index (χ3n) is 5.60. The van der Waals surface area contributed by atoms with Crippen LogP contribution in [0.1, 0.15) is 106 Å². The lowest BCUT2D eigenvalue weighted by Crippen LogP contribution is -2.36. The highest BCUT2D eigenvalue weighted by Gasteiger charge is 2.32. The van der Waals surface area contributed by atoms with Crippen molar-refractivity contribution in [2.45, 2.75) is 112 Å². The van der Waals surface area contributed by atoms with Crippen LogP contribution in [0.5, 0.6) is 0 Å². The van der Waals surface area contributed by atoms with Crippen LogP contribution in [-0.2, 0) is 28.6 Å². The molecule has 0 aliphatic heterocycles. The van der Waals surface area contributed by atoms with Gasteiger partial charge in [-0.25, -0.2) is 0 Å². The maximum atomic E-state index is 12.6. The van der Waals surface area contributed by atoms with Gasteiger partial charge in [0.05, 0.1) is 10.8 Å². The smallest absolute Gasteiger partial charge is 0.311 e. The largest absolute Gasteiger partial charge is 0.461 e. The maximum absolute atomic E-state index is 12.6. The summed E-state index contributed by atoms with van der Waals surface area (Å²) in [5, 5.41) is 0. The molecule has 0 bridgehead atoms. The van der Waals surface area contributed by atoms with Crippen molar-refractivity contribution in [1.29, 1.82) is 0 Å². The van der Waals surface area contributed by atoms with Crippen molar-refractivity contribution in [3.63, 3.8) is 0 Å². The number of carbonyl (C=O) groups is 3. The summed E-state index contributed by atoms with van der Waals surface area (Å²) in [6.45, 7) is 11.7. The molecule has 0 saturated heterocycles. The summed E-state index contributed by atoms with van der Waals surface area (Å²) < 4.78 is 16.4. The topological polar surface area (TPSA) is 105 Å². The Morgan fingerprint density at radius 2 is 1.19 bits per heavy atom. The van der Waals surface area contributed by atoms with Crippen molar-refractivity contribution >= 4 is 17.9 Å². The van der Waals surface area contributed by atoms with Crippen molar-refractivity contribution in [1.82, 2.24) is 0 Å². The highest BCUT2D eigenvalue weighted by atomic mass is 16.6. The van der Waals surface area contributed by atoms with E-state index in [1.807, 2.05) is 27.7 Å². The van der Waals surface area contributed by atoms with Gasteiger partial charge in [0.1, 0.15) is 13.2 Å². The number of hydrogen-bond donors (Lipinski definition) is 1. The molecule has 0 fully saturated rings. The number of hydrogen-bond acceptors (Lipinski definition) is 7. The van der Waals surface area contributed by atoms with E-state index >= 15 is 0 Å². The van der Waals surface area contributed by atoms with Crippen LogP contribution in [-0.4, -0.2) is 43.8 Å². The average molecular weight is 458 g/mol. The van der Waals surface area contributed by atoms with E-state index in [9.17, 15) is 14.4 Å². The number of unbranched alkanes of at least 4 members (excludes halogenated alkanes) is 4. The zero-order chi connectivity index (χ0) is 24.6. The summed E-state index contributed by atoms with van der Waals surface area (Å²) in [4.78, 5) is 37.2. The first-order chi connectivity index (χ1) is 15.0. The van der Waals surface area contributed by atoms with Crippen LogP contribution >= 0.6 is 0 Å². The van der Waals surface area contributed by atoms with Crippen LogP contribution in [0.25, 0.3) is 0 Å². The summed E-state index contributed by atoms with van der Waals surface area (Å²) in [5.74, 6) is -1.14. The zero-order valence-corrected chi connectivity index (χ0v) is 21.3. The van der Waals surface area contributed by atoms with E-state index in [1.54, 1.807) is 0 Å². The van der Waals surface area contributed by atoms with Crippen LogP contribution in [0.15, 0.2) is 0 Å². The molecular formula is C25H47NO6.